The predicted octanol–water partition coefficient (Wildman–Crippen LogP) is 4.51. The van der Waals surface area contributed by atoms with Gasteiger partial charge in [-0.05, 0) is 65.9 Å². The number of anilines is 1. The first-order valence-electron chi connectivity index (χ1n) is 9.58. The molecule has 1 amide bonds. The predicted molar refractivity (Wildman–Crippen MR) is 109 cm³/mol. The summed E-state index contributed by atoms with van der Waals surface area (Å²) in [7, 11) is 1.41. The Hall–Kier alpha value is -1.76. The van der Waals surface area contributed by atoms with Gasteiger partial charge < -0.3 is 19.7 Å². The average Bonchev–Trinajstić information content (AvgIpc) is 2.96. The Morgan fingerprint density at radius 2 is 1.89 bits per heavy atom. The van der Waals surface area contributed by atoms with Gasteiger partial charge in [0.05, 0.1) is 17.7 Å². The van der Waals surface area contributed by atoms with Gasteiger partial charge in [-0.25, -0.2) is 9.59 Å². The second-order valence-electron chi connectivity index (χ2n) is 8.01. The van der Waals surface area contributed by atoms with Crippen LogP contribution in [-0.2, 0) is 9.47 Å². The third-order valence-electron chi connectivity index (χ3n) is 4.88. The van der Waals surface area contributed by atoms with Crippen molar-refractivity contribution < 1.29 is 19.1 Å². The van der Waals surface area contributed by atoms with Gasteiger partial charge in [0, 0.05) is 24.0 Å². The molecule has 0 aliphatic heterocycles. The number of rotatable bonds is 5. The van der Waals surface area contributed by atoms with Gasteiger partial charge in [0.25, 0.3) is 0 Å². The van der Waals surface area contributed by atoms with Crippen LogP contribution in [0.25, 0.3) is 0 Å². The lowest BCUT2D eigenvalue weighted by Crippen LogP contribution is -2.45. The zero-order valence-electron chi connectivity index (χ0n) is 17.3. The molecule has 0 radical (unpaired) electrons. The summed E-state index contributed by atoms with van der Waals surface area (Å²) >= 11 is 1.60. The van der Waals surface area contributed by atoms with Crippen LogP contribution in [0.15, 0.2) is 5.38 Å². The minimum atomic E-state index is -0.478. The molecule has 1 fully saturated rings. The van der Waals surface area contributed by atoms with Gasteiger partial charge in [-0.15, -0.1) is 11.3 Å². The molecule has 0 saturated heterocycles. The number of carbonyl (C=O) groups is 2. The molecule has 1 aromatic heterocycles. The first-order chi connectivity index (χ1) is 12.7. The minimum absolute atomic E-state index is 0.157. The van der Waals surface area contributed by atoms with Gasteiger partial charge in [0.15, 0.2) is 0 Å². The monoisotopic (exact) mass is 396 g/mol. The second-order valence-corrected chi connectivity index (χ2v) is 8.87. The van der Waals surface area contributed by atoms with Crippen LogP contribution in [0, 0.1) is 6.92 Å². The molecule has 1 aromatic rings. The minimum Gasteiger partial charge on any atom is -0.465 e. The highest BCUT2D eigenvalue weighted by atomic mass is 32.1. The lowest BCUT2D eigenvalue weighted by molar-refractivity contribution is 0.0490. The second kappa shape index (κ2) is 8.95. The van der Waals surface area contributed by atoms with E-state index < -0.39 is 5.60 Å². The fourth-order valence-electron chi connectivity index (χ4n) is 3.57. The van der Waals surface area contributed by atoms with Gasteiger partial charge in [0.2, 0.25) is 0 Å². The highest BCUT2D eigenvalue weighted by molar-refractivity contribution is 7.14. The number of alkyl carbamates (subject to hydrolysis) is 1. The van der Waals surface area contributed by atoms with Gasteiger partial charge in [-0.2, -0.15) is 0 Å². The van der Waals surface area contributed by atoms with Crippen molar-refractivity contribution in [3.63, 3.8) is 0 Å². The zero-order valence-corrected chi connectivity index (χ0v) is 18.1. The van der Waals surface area contributed by atoms with Crippen LogP contribution in [-0.4, -0.2) is 43.4 Å². The van der Waals surface area contributed by atoms with Crippen LogP contribution in [0.1, 0.15) is 69.3 Å². The number of carbonyl (C=O) groups excluding carboxylic acids is 2. The molecule has 1 heterocycles. The maximum absolute atomic E-state index is 12.0. The zero-order chi connectivity index (χ0) is 20.2. The van der Waals surface area contributed by atoms with Gasteiger partial charge in [-0.1, -0.05) is 0 Å². The molecule has 7 heteroatoms. The molecule has 152 valence electrons. The molecule has 0 bridgehead atoms. The van der Waals surface area contributed by atoms with E-state index in [1.54, 1.807) is 11.3 Å². The van der Waals surface area contributed by atoms with Crippen molar-refractivity contribution in [3.8, 4) is 0 Å². The molecular weight excluding hydrogens is 364 g/mol. The van der Waals surface area contributed by atoms with E-state index in [1.807, 2.05) is 33.1 Å². The number of nitrogens with one attached hydrogen (secondary N) is 1. The molecule has 0 atom stereocenters. The summed E-state index contributed by atoms with van der Waals surface area (Å²) in [5.41, 5.74) is 1.16. The molecule has 0 spiro atoms. The van der Waals surface area contributed by atoms with Crippen molar-refractivity contribution in [2.75, 3.05) is 18.6 Å². The summed E-state index contributed by atoms with van der Waals surface area (Å²) in [6, 6.07) is 0.569. The van der Waals surface area contributed by atoms with Gasteiger partial charge in [-0.3, -0.25) is 0 Å². The van der Waals surface area contributed by atoms with Crippen LogP contribution in [0.3, 0.4) is 0 Å². The average molecular weight is 397 g/mol. The van der Waals surface area contributed by atoms with Crippen molar-refractivity contribution >= 4 is 28.4 Å². The van der Waals surface area contributed by atoms with E-state index in [9.17, 15) is 9.59 Å². The number of methoxy groups -OCH3 is 1. The Morgan fingerprint density at radius 3 is 2.41 bits per heavy atom. The maximum atomic E-state index is 12.0. The van der Waals surface area contributed by atoms with E-state index in [4.69, 9.17) is 9.47 Å². The summed E-state index contributed by atoms with van der Waals surface area (Å²) in [6.45, 7) is 10.6. The first-order valence-corrected chi connectivity index (χ1v) is 10.5. The summed E-state index contributed by atoms with van der Waals surface area (Å²) in [4.78, 5) is 26.3. The Morgan fingerprint density at radius 1 is 1.26 bits per heavy atom. The Kier molecular flexibility index (Phi) is 7.14. The first kappa shape index (κ1) is 21.5. The van der Waals surface area contributed by atoms with E-state index >= 15 is 0 Å². The number of amides is 1. The Labute approximate surface area is 166 Å². The molecule has 2 rings (SSSR count). The van der Waals surface area contributed by atoms with E-state index in [2.05, 4.69) is 17.1 Å². The largest absolute Gasteiger partial charge is 0.465 e. The van der Waals surface area contributed by atoms with E-state index in [0.717, 1.165) is 42.8 Å². The fraction of sp³-hybridized carbons (Fsp3) is 0.700. The quantitative estimate of drug-likeness (QED) is 0.742. The van der Waals surface area contributed by atoms with Crippen LogP contribution in [0.2, 0.25) is 0 Å². The third kappa shape index (κ3) is 5.61. The molecule has 1 N–H and O–H groups in total. The summed E-state index contributed by atoms with van der Waals surface area (Å²) in [5.74, 6) is -0.281. The molecule has 6 nitrogen and oxygen atoms in total. The smallest absolute Gasteiger partial charge is 0.407 e. The number of thiophene rings is 1. The summed E-state index contributed by atoms with van der Waals surface area (Å²) in [5, 5.41) is 6.02. The topological polar surface area (TPSA) is 67.9 Å². The van der Waals surface area contributed by atoms with Gasteiger partial charge in [0.1, 0.15) is 5.60 Å². The number of hydrogen-bond donors (Lipinski definition) is 1. The lowest BCUT2D eigenvalue weighted by atomic mass is 9.90. The van der Waals surface area contributed by atoms with Crippen LogP contribution in [0.4, 0.5) is 9.80 Å². The van der Waals surface area contributed by atoms with Crippen molar-refractivity contribution in [2.24, 2.45) is 0 Å². The van der Waals surface area contributed by atoms with Gasteiger partial charge >= 0.3 is 12.1 Å². The van der Waals surface area contributed by atoms with Crippen LogP contribution >= 0.6 is 11.3 Å². The van der Waals surface area contributed by atoms with E-state index in [-0.39, 0.29) is 18.1 Å². The molecule has 27 heavy (non-hydrogen) atoms. The molecule has 1 aliphatic rings. The highest BCUT2D eigenvalue weighted by Crippen LogP contribution is 2.36. The van der Waals surface area contributed by atoms with E-state index in [0.29, 0.717) is 11.6 Å². The lowest BCUT2D eigenvalue weighted by Gasteiger charge is -2.37. The van der Waals surface area contributed by atoms with Crippen LogP contribution in [0.5, 0.6) is 0 Å². The molecule has 0 unspecified atom stereocenters. The number of hydrogen-bond acceptors (Lipinski definition) is 6. The maximum Gasteiger partial charge on any atom is 0.407 e. The van der Waals surface area contributed by atoms with Crippen molar-refractivity contribution in [1.29, 1.82) is 0 Å². The summed E-state index contributed by atoms with van der Waals surface area (Å²) < 4.78 is 10.2. The fourth-order valence-corrected chi connectivity index (χ4v) is 4.78. The van der Waals surface area contributed by atoms with Crippen LogP contribution < -0.4 is 10.2 Å². The molecular formula is C20H32N2O4S. The standard InChI is InChI=1S/C20H32N2O4S/c1-7-22(17-13(2)16(12-27-17)18(23)25-6)15-10-8-14(9-11-15)21-19(24)26-20(3,4)5/h12,14-15H,7-11H2,1-6H3,(H,21,24)/t14-,15-. The SMILES string of the molecule is CCN(c1scc(C(=O)OC)c1C)[C@H]1CC[C@H](NC(=O)OC(C)(C)C)CC1. The highest BCUT2D eigenvalue weighted by Gasteiger charge is 2.29. The molecule has 1 saturated carbocycles. The number of ether oxygens (including phenoxy) is 2. The summed E-state index contributed by atoms with van der Waals surface area (Å²) in [6.07, 6.45) is 3.51. The normalized spacial score (nSPS) is 20.1. The third-order valence-corrected chi connectivity index (χ3v) is 6.00. The Balaban J connectivity index is 1.97. The number of nitrogens with zero attached hydrogens (tertiary/aromatic N) is 1. The number of esters is 1. The van der Waals surface area contributed by atoms with E-state index in [1.165, 1.54) is 7.11 Å². The van der Waals surface area contributed by atoms with Crippen molar-refractivity contribution in [1.82, 2.24) is 5.32 Å². The Bertz CT molecular complexity index is 657. The molecule has 1 aliphatic carbocycles. The molecule has 0 aromatic carbocycles. The van der Waals surface area contributed by atoms with Crippen molar-refractivity contribution in [2.45, 2.75) is 78.0 Å². The van der Waals surface area contributed by atoms with Crippen molar-refractivity contribution in [3.05, 3.63) is 16.5 Å².